The molecule has 0 bridgehead atoms. The van der Waals surface area contributed by atoms with E-state index in [1.54, 1.807) is 79.0 Å². The Bertz CT molecular complexity index is 1140. The van der Waals surface area contributed by atoms with Gasteiger partial charge in [-0.3, -0.25) is 10.1 Å². The zero-order valence-electron chi connectivity index (χ0n) is 17.0. The Labute approximate surface area is 195 Å². The summed E-state index contributed by atoms with van der Waals surface area (Å²) in [6, 6.07) is 21.0. The zero-order valence-corrected chi connectivity index (χ0v) is 18.5. The molecule has 1 amide bonds. The zero-order chi connectivity index (χ0) is 22.8. The van der Waals surface area contributed by atoms with Gasteiger partial charge in [0.05, 0.1) is 25.1 Å². The molecule has 9 heteroatoms. The van der Waals surface area contributed by atoms with Crippen molar-refractivity contribution < 1.29 is 9.53 Å². The molecular formula is C23H19Cl2N5O2. The first-order chi connectivity index (χ1) is 15.5. The lowest BCUT2D eigenvalue weighted by Crippen LogP contribution is -2.38. The van der Waals surface area contributed by atoms with Gasteiger partial charge in [-0.1, -0.05) is 59.6 Å². The van der Waals surface area contributed by atoms with E-state index in [2.05, 4.69) is 26.0 Å². The third-order valence-electron chi connectivity index (χ3n) is 4.07. The van der Waals surface area contributed by atoms with Crippen molar-refractivity contribution in [2.24, 2.45) is 15.3 Å². The maximum atomic E-state index is 12.7. The fourth-order valence-electron chi connectivity index (χ4n) is 2.50. The first-order valence-electron chi connectivity index (χ1n) is 9.41. The van der Waals surface area contributed by atoms with Crippen LogP contribution in [0.25, 0.3) is 0 Å². The number of rotatable bonds is 6. The van der Waals surface area contributed by atoms with Gasteiger partial charge in [0.2, 0.25) is 5.96 Å². The van der Waals surface area contributed by atoms with Gasteiger partial charge in [-0.05, 0) is 47.5 Å². The molecule has 0 aromatic heterocycles. The van der Waals surface area contributed by atoms with Crippen LogP contribution in [0.4, 0.5) is 0 Å². The van der Waals surface area contributed by atoms with Crippen LogP contribution in [0.1, 0.15) is 21.5 Å². The monoisotopic (exact) mass is 467 g/mol. The minimum absolute atomic E-state index is 0.0244. The number of ether oxygens (including phenoxy) is 1. The van der Waals surface area contributed by atoms with E-state index in [0.717, 1.165) is 11.1 Å². The summed E-state index contributed by atoms with van der Waals surface area (Å²) in [7, 11) is 1.49. The highest BCUT2D eigenvalue weighted by atomic mass is 35.5. The fourth-order valence-corrected chi connectivity index (χ4v) is 2.75. The molecular weight excluding hydrogens is 449 g/mol. The van der Waals surface area contributed by atoms with Crippen LogP contribution >= 0.6 is 23.2 Å². The number of carbonyl (C=O) groups is 1. The summed E-state index contributed by atoms with van der Waals surface area (Å²) >= 11 is 11.8. The van der Waals surface area contributed by atoms with Crippen molar-refractivity contribution in [3.8, 4) is 5.75 Å². The Morgan fingerprint density at radius 3 is 2.09 bits per heavy atom. The summed E-state index contributed by atoms with van der Waals surface area (Å²) in [6.45, 7) is 0. The average Bonchev–Trinajstić information content (AvgIpc) is 2.81. The van der Waals surface area contributed by atoms with Crippen molar-refractivity contribution in [2.75, 3.05) is 7.11 Å². The minimum atomic E-state index is -0.433. The summed E-state index contributed by atoms with van der Waals surface area (Å²) < 4.78 is 5.24. The Morgan fingerprint density at radius 1 is 0.875 bits per heavy atom. The van der Waals surface area contributed by atoms with Gasteiger partial charge >= 0.3 is 0 Å². The van der Waals surface area contributed by atoms with Crippen molar-refractivity contribution in [2.45, 2.75) is 0 Å². The summed E-state index contributed by atoms with van der Waals surface area (Å²) in [4.78, 5) is 12.7. The molecule has 7 nitrogen and oxygen atoms in total. The Balaban J connectivity index is 1.78. The number of methoxy groups -OCH3 is 1. The number of halogens is 2. The standard InChI is InChI=1S/C23H19Cl2N5O2/c1-32-21-5-3-2-4-20(21)22(31)28-23(29-26-14-16-6-10-18(24)11-7-16)30-27-15-17-8-12-19(25)13-9-17/h2-15H,1H3,(H2,28,29,30,31). The number of para-hydroxylation sites is 1. The van der Waals surface area contributed by atoms with E-state index in [0.29, 0.717) is 21.4 Å². The van der Waals surface area contributed by atoms with Crippen LogP contribution in [0.3, 0.4) is 0 Å². The van der Waals surface area contributed by atoms with Crippen LogP contribution in [-0.4, -0.2) is 31.4 Å². The summed E-state index contributed by atoms with van der Waals surface area (Å²) in [5.41, 5.74) is 4.63. The van der Waals surface area contributed by atoms with Crippen molar-refractivity contribution in [1.82, 2.24) is 10.7 Å². The lowest BCUT2D eigenvalue weighted by atomic mass is 10.2. The number of benzene rings is 3. The molecule has 0 spiro atoms. The Hall–Kier alpha value is -3.68. The predicted molar refractivity (Wildman–Crippen MR) is 129 cm³/mol. The fraction of sp³-hybridized carbons (Fsp3) is 0.0435. The smallest absolute Gasteiger partial charge is 0.261 e. The molecule has 0 aliphatic carbocycles. The maximum absolute atomic E-state index is 12.7. The molecule has 0 radical (unpaired) electrons. The molecule has 0 atom stereocenters. The molecule has 0 heterocycles. The van der Waals surface area contributed by atoms with Crippen LogP contribution in [0.15, 0.2) is 88.1 Å². The van der Waals surface area contributed by atoms with Crippen molar-refractivity contribution in [3.63, 3.8) is 0 Å². The van der Waals surface area contributed by atoms with Crippen LogP contribution in [0.2, 0.25) is 10.0 Å². The van der Waals surface area contributed by atoms with Crippen LogP contribution in [-0.2, 0) is 0 Å². The number of carbonyl (C=O) groups excluding carboxylic acids is 1. The molecule has 3 rings (SSSR count). The summed E-state index contributed by atoms with van der Waals surface area (Å²) in [6.07, 6.45) is 3.08. The first-order valence-corrected chi connectivity index (χ1v) is 10.2. The molecule has 0 aliphatic heterocycles. The van der Waals surface area contributed by atoms with Gasteiger partial charge in [0, 0.05) is 10.0 Å². The highest BCUT2D eigenvalue weighted by Gasteiger charge is 2.13. The summed E-state index contributed by atoms with van der Waals surface area (Å²) in [5, 5.41) is 16.1. The Morgan fingerprint density at radius 2 is 1.47 bits per heavy atom. The number of nitrogens with zero attached hydrogens (tertiary/aromatic N) is 3. The molecule has 3 aromatic rings. The average molecular weight is 468 g/mol. The second-order valence-electron chi connectivity index (χ2n) is 6.32. The predicted octanol–water partition coefficient (Wildman–Crippen LogP) is 4.75. The topological polar surface area (TPSA) is 87.4 Å². The first kappa shape index (κ1) is 23.0. The molecule has 3 aromatic carbocycles. The van der Waals surface area contributed by atoms with Gasteiger partial charge in [0.25, 0.3) is 5.91 Å². The lowest BCUT2D eigenvalue weighted by molar-refractivity contribution is 0.0973. The third kappa shape index (κ3) is 6.94. The number of hydrogen-bond donors (Lipinski definition) is 2. The molecule has 0 saturated heterocycles. The van der Waals surface area contributed by atoms with Gasteiger partial charge < -0.3 is 4.74 Å². The van der Waals surface area contributed by atoms with Crippen LogP contribution in [0.5, 0.6) is 5.75 Å². The molecule has 0 saturated carbocycles. The maximum Gasteiger partial charge on any atom is 0.261 e. The highest BCUT2D eigenvalue weighted by Crippen LogP contribution is 2.16. The quantitative estimate of drug-likeness (QED) is 0.311. The molecule has 2 N–H and O–H groups in total. The van der Waals surface area contributed by atoms with Gasteiger partial charge in [0.15, 0.2) is 0 Å². The van der Waals surface area contributed by atoms with E-state index < -0.39 is 5.91 Å². The van der Waals surface area contributed by atoms with Crippen molar-refractivity contribution >= 4 is 47.5 Å². The van der Waals surface area contributed by atoms with Crippen LogP contribution < -0.4 is 15.5 Å². The van der Waals surface area contributed by atoms with E-state index in [-0.39, 0.29) is 5.96 Å². The largest absolute Gasteiger partial charge is 0.496 e. The number of nitrogens with one attached hydrogen (secondary N) is 2. The molecule has 0 fully saturated rings. The number of hydrazone groups is 1. The van der Waals surface area contributed by atoms with Crippen molar-refractivity contribution in [1.29, 1.82) is 0 Å². The number of amides is 1. The number of guanidine groups is 1. The van der Waals surface area contributed by atoms with Gasteiger partial charge in [-0.2, -0.15) is 10.2 Å². The second-order valence-corrected chi connectivity index (χ2v) is 7.19. The van der Waals surface area contributed by atoms with E-state index in [4.69, 9.17) is 27.9 Å². The lowest BCUT2D eigenvalue weighted by Gasteiger charge is -2.09. The van der Waals surface area contributed by atoms with E-state index >= 15 is 0 Å². The van der Waals surface area contributed by atoms with Gasteiger partial charge in [-0.15, -0.1) is 5.10 Å². The normalized spacial score (nSPS) is 11.7. The number of hydrogen-bond acceptors (Lipinski definition) is 5. The second kappa shape index (κ2) is 11.6. The molecule has 0 unspecified atom stereocenters. The highest BCUT2D eigenvalue weighted by molar-refractivity contribution is 6.30. The van der Waals surface area contributed by atoms with Gasteiger partial charge in [-0.25, -0.2) is 5.43 Å². The van der Waals surface area contributed by atoms with E-state index in [9.17, 15) is 4.79 Å². The molecule has 0 aliphatic rings. The molecule has 162 valence electrons. The minimum Gasteiger partial charge on any atom is -0.496 e. The van der Waals surface area contributed by atoms with Crippen molar-refractivity contribution in [3.05, 3.63) is 99.5 Å². The van der Waals surface area contributed by atoms with Crippen LogP contribution in [0, 0.1) is 0 Å². The third-order valence-corrected chi connectivity index (χ3v) is 4.58. The molecule has 32 heavy (non-hydrogen) atoms. The summed E-state index contributed by atoms with van der Waals surface area (Å²) in [5.74, 6) is 0.0205. The Kier molecular flexibility index (Phi) is 8.36. The van der Waals surface area contributed by atoms with E-state index in [1.165, 1.54) is 13.3 Å². The SMILES string of the molecule is COc1ccccc1C(=O)NC(=NN=Cc1ccc(Cl)cc1)NN=Cc1ccc(Cl)cc1. The van der Waals surface area contributed by atoms with E-state index in [1.807, 2.05) is 0 Å². The van der Waals surface area contributed by atoms with Gasteiger partial charge in [0.1, 0.15) is 5.75 Å².